The van der Waals surface area contributed by atoms with E-state index in [0.717, 1.165) is 10.6 Å². The van der Waals surface area contributed by atoms with Gasteiger partial charge >= 0.3 is 0 Å². The van der Waals surface area contributed by atoms with Crippen LogP contribution >= 0.6 is 0 Å². The Labute approximate surface area is 104 Å². The number of carbonyl (C=O) groups excluding carboxylic acids is 3. The van der Waals surface area contributed by atoms with E-state index in [2.05, 4.69) is 0 Å². The molecule has 0 aromatic heterocycles. The van der Waals surface area contributed by atoms with Crippen LogP contribution in [0.1, 0.15) is 35.2 Å². The van der Waals surface area contributed by atoms with Gasteiger partial charge in [-0.2, -0.15) is 5.01 Å². The average molecular weight is 244 g/mol. The first-order chi connectivity index (χ1) is 8.68. The smallest absolute Gasteiger partial charge is 0.273 e. The minimum atomic E-state index is -0.285. The predicted octanol–water partition coefficient (Wildman–Crippen LogP) is 1.10. The number of amides is 3. The summed E-state index contributed by atoms with van der Waals surface area (Å²) in [5.41, 5.74) is 1.43. The lowest BCUT2D eigenvalue weighted by Crippen LogP contribution is -2.51. The van der Waals surface area contributed by atoms with Gasteiger partial charge in [0.1, 0.15) is 0 Å². The highest BCUT2D eigenvalue weighted by Crippen LogP contribution is 2.26. The topological polar surface area (TPSA) is 57.7 Å². The van der Waals surface area contributed by atoms with Gasteiger partial charge in [0, 0.05) is 18.4 Å². The third kappa shape index (κ3) is 1.51. The fourth-order valence-corrected chi connectivity index (χ4v) is 2.41. The van der Waals surface area contributed by atoms with Crippen LogP contribution in [0.15, 0.2) is 24.3 Å². The molecule has 1 saturated heterocycles. The van der Waals surface area contributed by atoms with Crippen molar-refractivity contribution in [3.8, 4) is 0 Å². The molecule has 3 amide bonds. The van der Waals surface area contributed by atoms with E-state index in [0.29, 0.717) is 31.4 Å². The fourth-order valence-electron chi connectivity index (χ4n) is 2.41. The van der Waals surface area contributed by atoms with Crippen LogP contribution in [-0.2, 0) is 16.1 Å². The number of piperidine rings is 1. The number of hydrazine groups is 1. The molecule has 0 spiro atoms. The van der Waals surface area contributed by atoms with Gasteiger partial charge in [0.25, 0.3) is 5.91 Å². The molecule has 5 nitrogen and oxygen atoms in total. The van der Waals surface area contributed by atoms with E-state index in [1.807, 2.05) is 12.1 Å². The monoisotopic (exact) mass is 244 g/mol. The van der Waals surface area contributed by atoms with Gasteiger partial charge in [-0.05, 0) is 18.1 Å². The van der Waals surface area contributed by atoms with Gasteiger partial charge < -0.3 is 0 Å². The molecular formula is C13H12N2O3. The summed E-state index contributed by atoms with van der Waals surface area (Å²) >= 11 is 0. The van der Waals surface area contributed by atoms with E-state index in [1.54, 1.807) is 12.1 Å². The summed E-state index contributed by atoms with van der Waals surface area (Å²) in [6.45, 7) is 0.298. The molecule has 0 aliphatic carbocycles. The number of hydrogen-bond acceptors (Lipinski definition) is 3. The van der Waals surface area contributed by atoms with Crippen molar-refractivity contribution in [2.45, 2.75) is 25.8 Å². The lowest BCUT2D eigenvalue weighted by Gasteiger charge is -2.32. The zero-order valence-corrected chi connectivity index (χ0v) is 9.76. The highest BCUT2D eigenvalue weighted by Gasteiger charge is 2.38. The Hall–Kier alpha value is -2.17. The number of benzene rings is 1. The van der Waals surface area contributed by atoms with Crippen LogP contribution in [-0.4, -0.2) is 27.7 Å². The summed E-state index contributed by atoms with van der Waals surface area (Å²) in [5.74, 6) is -0.839. The van der Waals surface area contributed by atoms with Crippen LogP contribution in [0.3, 0.4) is 0 Å². The van der Waals surface area contributed by atoms with Gasteiger partial charge in [-0.15, -0.1) is 0 Å². The Morgan fingerprint density at radius 3 is 2.28 bits per heavy atom. The second-order valence-electron chi connectivity index (χ2n) is 4.47. The zero-order valence-electron chi connectivity index (χ0n) is 9.76. The van der Waals surface area contributed by atoms with Crippen molar-refractivity contribution in [1.29, 1.82) is 0 Å². The van der Waals surface area contributed by atoms with Gasteiger partial charge in [0.2, 0.25) is 11.8 Å². The van der Waals surface area contributed by atoms with Crippen LogP contribution in [0, 0.1) is 0 Å². The van der Waals surface area contributed by atoms with Gasteiger partial charge in [-0.25, -0.2) is 5.01 Å². The minimum Gasteiger partial charge on any atom is -0.273 e. The number of imide groups is 1. The third-order valence-corrected chi connectivity index (χ3v) is 3.30. The van der Waals surface area contributed by atoms with Crippen LogP contribution in [0.25, 0.3) is 0 Å². The molecule has 1 fully saturated rings. The second kappa shape index (κ2) is 3.94. The number of hydrogen-bond donors (Lipinski definition) is 0. The molecule has 0 saturated carbocycles. The van der Waals surface area contributed by atoms with Crippen LogP contribution < -0.4 is 0 Å². The minimum absolute atomic E-state index is 0.269. The molecule has 0 unspecified atom stereocenters. The summed E-state index contributed by atoms with van der Waals surface area (Å²) in [4.78, 5) is 35.8. The molecule has 1 aromatic carbocycles. The largest absolute Gasteiger partial charge is 0.273 e. The molecule has 0 bridgehead atoms. The fraction of sp³-hybridized carbons (Fsp3) is 0.308. The molecule has 2 heterocycles. The average Bonchev–Trinajstić information content (AvgIpc) is 2.68. The first-order valence-corrected chi connectivity index (χ1v) is 5.94. The first kappa shape index (κ1) is 11.0. The maximum Gasteiger partial charge on any atom is 0.273 e. The molecule has 18 heavy (non-hydrogen) atoms. The van der Waals surface area contributed by atoms with Gasteiger partial charge in [-0.1, -0.05) is 18.2 Å². The highest BCUT2D eigenvalue weighted by molar-refractivity contribution is 6.04. The van der Waals surface area contributed by atoms with Crippen LogP contribution in [0.2, 0.25) is 0 Å². The number of rotatable bonds is 1. The number of fused-ring (bicyclic) bond motifs is 1. The van der Waals surface area contributed by atoms with Crippen molar-refractivity contribution in [2.75, 3.05) is 0 Å². The Kier molecular flexibility index (Phi) is 2.40. The van der Waals surface area contributed by atoms with E-state index >= 15 is 0 Å². The molecule has 0 radical (unpaired) electrons. The molecule has 92 valence electrons. The van der Waals surface area contributed by atoms with Crippen molar-refractivity contribution in [2.24, 2.45) is 0 Å². The first-order valence-electron chi connectivity index (χ1n) is 5.94. The van der Waals surface area contributed by atoms with E-state index in [4.69, 9.17) is 0 Å². The Morgan fingerprint density at radius 2 is 1.61 bits per heavy atom. The molecule has 0 N–H and O–H groups in total. The van der Waals surface area contributed by atoms with E-state index in [-0.39, 0.29) is 17.7 Å². The van der Waals surface area contributed by atoms with Gasteiger partial charge in [-0.3, -0.25) is 14.4 Å². The SMILES string of the molecule is O=C1c2ccccc2CN1N1C(=O)CCCC1=O. The van der Waals surface area contributed by atoms with Gasteiger partial charge in [0.15, 0.2) is 0 Å². The molecular weight excluding hydrogens is 232 g/mol. The maximum absolute atomic E-state index is 12.2. The number of carbonyl (C=O) groups is 3. The van der Waals surface area contributed by atoms with Crippen molar-refractivity contribution < 1.29 is 14.4 Å². The van der Waals surface area contributed by atoms with Crippen molar-refractivity contribution in [3.63, 3.8) is 0 Å². The quantitative estimate of drug-likeness (QED) is 0.695. The summed E-state index contributed by atoms with van der Waals surface area (Å²) in [6, 6.07) is 7.18. The summed E-state index contributed by atoms with van der Waals surface area (Å²) < 4.78 is 0. The summed E-state index contributed by atoms with van der Waals surface area (Å²) in [7, 11) is 0. The predicted molar refractivity (Wildman–Crippen MR) is 62.0 cm³/mol. The lowest BCUT2D eigenvalue weighted by molar-refractivity contribution is -0.163. The summed E-state index contributed by atoms with van der Waals surface area (Å²) in [5, 5.41) is 2.28. The van der Waals surface area contributed by atoms with E-state index in [9.17, 15) is 14.4 Å². The molecule has 2 aliphatic heterocycles. The second-order valence-corrected chi connectivity index (χ2v) is 4.47. The Balaban J connectivity index is 1.94. The van der Waals surface area contributed by atoms with E-state index in [1.165, 1.54) is 5.01 Å². The van der Waals surface area contributed by atoms with Gasteiger partial charge in [0.05, 0.1) is 6.54 Å². The standard InChI is InChI=1S/C13H12N2O3/c16-11-6-3-7-12(17)15(11)14-8-9-4-1-2-5-10(9)13(14)18/h1-2,4-5H,3,6-8H2. The van der Waals surface area contributed by atoms with Crippen molar-refractivity contribution >= 4 is 17.7 Å². The van der Waals surface area contributed by atoms with Crippen molar-refractivity contribution in [1.82, 2.24) is 10.0 Å². The molecule has 5 heteroatoms. The Morgan fingerprint density at radius 1 is 0.944 bits per heavy atom. The molecule has 1 aromatic rings. The molecule has 3 rings (SSSR count). The van der Waals surface area contributed by atoms with Crippen LogP contribution in [0.4, 0.5) is 0 Å². The third-order valence-electron chi connectivity index (χ3n) is 3.30. The Bertz CT molecular complexity index is 537. The maximum atomic E-state index is 12.2. The lowest BCUT2D eigenvalue weighted by atomic mass is 10.1. The van der Waals surface area contributed by atoms with Crippen LogP contribution in [0.5, 0.6) is 0 Å². The number of nitrogens with zero attached hydrogens (tertiary/aromatic N) is 2. The zero-order chi connectivity index (χ0) is 12.7. The molecule has 2 aliphatic rings. The highest BCUT2D eigenvalue weighted by atomic mass is 16.2. The summed E-state index contributed by atoms with van der Waals surface area (Å²) in [6.07, 6.45) is 1.22. The van der Waals surface area contributed by atoms with Crippen molar-refractivity contribution in [3.05, 3.63) is 35.4 Å². The normalized spacial score (nSPS) is 19.4. The van der Waals surface area contributed by atoms with E-state index < -0.39 is 0 Å². The molecule has 0 atom stereocenters.